The Morgan fingerprint density at radius 2 is 2.29 bits per heavy atom. The van der Waals surface area contributed by atoms with Gasteiger partial charge in [-0.05, 0) is 24.7 Å². The molecule has 1 aliphatic carbocycles. The molecule has 0 amide bonds. The lowest BCUT2D eigenvalue weighted by Gasteiger charge is -1.99. The Labute approximate surface area is 45.2 Å². The Morgan fingerprint density at radius 3 is 2.29 bits per heavy atom. The van der Waals surface area contributed by atoms with Crippen LogP contribution in [0.25, 0.3) is 0 Å². The second-order valence-corrected chi connectivity index (χ2v) is 2.42. The first-order valence-electron chi connectivity index (χ1n) is 2.96. The van der Waals surface area contributed by atoms with Crippen molar-refractivity contribution in [2.24, 2.45) is 5.41 Å². The van der Waals surface area contributed by atoms with E-state index in [1.54, 1.807) is 0 Å². The van der Waals surface area contributed by atoms with E-state index in [4.69, 9.17) is 0 Å². The van der Waals surface area contributed by atoms with Crippen molar-refractivity contribution >= 4 is 0 Å². The molecule has 0 saturated heterocycles. The van der Waals surface area contributed by atoms with E-state index in [1.807, 2.05) is 0 Å². The molecule has 0 radical (unpaired) electrons. The summed E-state index contributed by atoms with van der Waals surface area (Å²) < 4.78 is 0. The molecule has 0 aromatic carbocycles. The van der Waals surface area contributed by atoms with Gasteiger partial charge < -0.3 is 0 Å². The molecule has 0 N–H and O–H groups in total. The molecule has 1 fully saturated rings. The molecule has 1 rings (SSSR count). The Hall–Kier alpha value is -0.260. The van der Waals surface area contributed by atoms with Gasteiger partial charge in [-0.3, -0.25) is 0 Å². The fourth-order valence-corrected chi connectivity index (χ4v) is 0.863. The summed E-state index contributed by atoms with van der Waals surface area (Å²) in [6, 6.07) is 0. The average molecular weight is 96.2 g/mol. The average Bonchev–Trinajstić information content (AvgIpc) is 2.46. The Kier molecular flexibility index (Phi) is 0.949. The standard InChI is InChI=1S/C7H12/c1-3-7(4-2)5-6-7/h3H,1,4-6H2,2H3. The molecule has 40 valence electrons. The second kappa shape index (κ2) is 1.36. The maximum atomic E-state index is 3.77. The summed E-state index contributed by atoms with van der Waals surface area (Å²) in [7, 11) is 0. The summed E-state index contributed by atoms with van der Waals surface area (Å²) in [5.74, 6) is 0. The molecule has 0 heteroatoms. The highest BCUT2D eigenvalue weighted by Crippen LogP contribution is 2.49. The first-order valence-corrected chi connectivity index (χ1v) is 2.96. The van der Waals surface area contributed by atoms with Gasteiger partial charge in [-0.1, -0.05) is 13.0 Å². The molecule has 1 saturated carbocycles. The first-order chi connectivity index (χ1) is 3.33. The normalized spacial score (nSPS) is 24.1. The summed E-state index contributed by atoms with van der Waals surface area (Å²) in [5, 5.41) is 0. The highest BCUT2D eigenvalue weighted by atomic mass is 14.4. The van der Waals surface area contributed by atoms with Crippen LogP contribution in [-0.2, 0) is 0 Å². The van der Waals surface area contributed by atoms with E-state index in [9.17, 15) is 0 Å². The Balaban J connectivity index is 2.42. The smallest absolute Gasteiger partial charge is 0.0123 e. The minimum atomic E-state index is 0.597. The molecule has 0 unspecified atom stereocenters. The van der Waals surface area contributed by atoms with Gasteiger partial charge in [0.05, 0.1) is 0 Å². The molecule has 0 heterocycles. The van der Waals surface area contributed by atoms with Crippen molar-refractivity contribution in [2.75, 3.05) is 0 Å². The van der Waals surface area contributed by atoms with E-state index in [-0.39, 0.29) is 0 Å². The van der Waals surface area contributed by atoms with Gasteiger partial charge in [0.2, 0.25) is 0 Å². The van der Waals surface area contributed by atoms with E-state index in [0.717, 1.165) is 0 Å². The summed E-state index contributed by atoms with van der Waals surface area (Å²) in [5.41, 5.74) is 0.597. The van der Waals surface area contributed by atoms with Crippen LogP contribution in [0.15, 0.2) is 12.7 Å². The predicted octanol–water partition coefficient (Wildman–Crippen LogP) is 2.36. The molecule has 0 bridgehead atoms. The van der Waals surface area contributed by atoms with Gasteiger partial charge in [0.25, 0.3) is 0 Å². The Bertz CT molecular complexity index is 78.0. The number of allylic oxidation sites excluding steroid dienone is 1. The first kappa shape index (κ1) is 4.89. The minimum absolute atomic E-state index is 0.597. The third-order valence-corrected chi connectivity index (χ3v) is 2.03. The van der Waals surface area contributed by atoms with Crippen molar-refractivity contribution in [3.63, 3.8) is 0 Å². The summed E-state index contributed by atoms with van der Waals surface area (Å²) >= 11 is 0. The van der Waals surface area contributed by atoms with E-state index < -0.39 is 0 Å². The molecular formula is C7H12. The van der Waals surface area contributed by atoms with Crippen molar-refractivity contribution in [3.8, 4) is 0 Å². The van der Waals surface area contributed by atoms with E-state index >= 15 is 0 Å². The van der Waals surface area contributed by atoms with Crippen LogP contribution in [0.2, 0.25) is 0 Å². The number of rotatable bonds is 2. The zero-order chi connectivity index (χ0) is 5.33. The van der Waals surface area contributed by atoms with E-state index in [0.29, 0.717) is 5.41 Å². The molecule has 1 aliphatic rings. The molecule has 0 atom stereocenters. The lowest BCUT2D eigenvalue weighted by atomic mass is 10.1. The third-order valence-electron chi connectivity index (χ3n) is 2.03. The van der Waals surface area contributed by atoms with E-state index in [1.165, 1.54) is 19.3 Å². The molecule has 0 aliphatic heterocycles. The van der Waals surface area contributed by atoms with Crippen LogP contribution in [-0.4, -0.2) is 0 Å². The molecule has 0 spiro atoms. The fraction of sp³-hybridized carbons (Fsp3) is 0.714. The van der Waals surface area contributed by atoms with Gasteiger partial charge in [-0.2, -0.15) is 0 Å². The van der Waals surface area contributed by atoms with E-state index in [2.05, 4.69) is 19.6 Å². The molecule has 7 heavy (non-hydrogen) atoms. The van der Waals surface area contributed by atoms with Crippen molar-refractivity contribution in [3.05, 3.63) is 12.7 Å². The SMILES string of the molecule is C=CC1(CC)CC1. The van der Waals surface area contributed by atoms with Gasteiger partial charge in [0.1, 0.15) is 0 Å². The molecule has 0 aromatic rings. The zero-order valence-electron chi connectivity index (χ0n) is 4.91. The third kappa shape index (κ3) is 0.696. The van der Waals surface area contributed by atoms with Crippen molar-refractivity contribution in [1.29, 1.82) is 0 Å². The van der Waals surface area contributed by atoms with Gasteiger partial charge in [-0.15, -0.1) is 6.58 Å². The second-order valence-electron chi connectivity index (χ2n) is 2.42. The molecule has 0 nitrogen and oxygen atoms in total. The predicted molar refractivity (Wildman–Crippen MR) is 32.2 cm³/mol. The van der Waals surface area contributed by atoms with Crippen LogP contribution in [0, 0.1) is 5.41 Å². The van der Waals surface area contributed by atoms with Gasteiger partial charge in [0.15, 0.2) is 0 Å². The number of hydrogen-bond acceptors (Lipinski definition) is 0. The largest absolute Gasteiger partial charge is 0.103 e. The topological polar surface area (TPSA) is 0 Å². The highest BCUT2D eigenvalue weighted by molar-refractivity contribution is 5.04. The molecule has 0 aromatic heterocycles. The van der Waals surface area contributed by atoms with Crippen LogP contribution in [0.1, 0.15) is 26.2 Å². The van der Waals surface area contributed by atoms with Crippen molar-refractivity contribution in [1.82, 2.24) is 0 Å². The number of hydrogen-bond donors (Lipinski definition) is 0. The quantitative estimate of drug-likeness (QED) is 0.463. The van der Waals surface area contributed by atoms with Crippen LogP contribution in [0.4, 0.5) is 0 Å². The van der Waals surface area contributed by atoms with Crippen LogP contribution >= 0.6 is 0 Å². The summed E-state index contributed by atoms with van der Waals surface area (Å²) in [4.78, 5) is 0. The monoisotopic (exact) mass is 96.1 g/mol. The molecular weight excluding hydrogens is 84.1 g/mol. The minimum Gasteiger partial charge on any atom is -0.103 e. The van der Waals surface area contributed by atoms with Crippen molar-refractivity contribution in [2.45, 2.75) is 26.2 Å². The van der Waals surface area contributed by atoms with Gasteiger partial charge >= 0.3 is 0 Å². The maximum absolute atomic E-state index is 3.77. The van der Waals surface area contributed by atoms with Gasteiger partial charge in [-0.25, -0.2) is 0 Å². The van der Waals surface area contributed by atoms with Crippen LogP contribution in [0.5, 0.6) is 0 Å². The fourth-order valence-electron chi connectivity index (χ4n) is 0.863. The van der Waals surface area contributed by atoms with Crippen LogP contribution < -0.4 is 0 Å². The summed E-state index contributed by atoms with van der Waals surface area (Å²) in [6.45, 7) is 6.00. The lowest BCUT2D eigenvalue weighted by molar-refractivity contribution is 0.627. The Morgan fingerprint density at radius 1 is 1.71 bits per heavy atom. The highest BCUT2D eigenvalue weighted by Gasteiger charge is 2.36. The zero-order valence-corrected chi connectivity index (χ0v) is 4.91. The lowest BCUT2D eigenvalue weighted by Crippen LogP contribution is -1.88. The van der Waals surface area contributed by atoms with Crippen LogP contribution in [0.3, 0.4) is 0 Å². The summed E-state index contributed by atoms with van der Waals surface area (Å²) in [6.07, 6.45) is 6.16. The van der Waals surface area contributed by atoms with Gasteiger partial charge in [0, 0.05) is 0 Å². The maximum Gasteiger partial charge on any atom is -0.0123 e. The van der Waals surface area contributed by atoms with Crippen molar-refractivity contribution < 1.29 is 0 Å².